The van der Waals surface area contributed by atoms with Gasteiger partial charge in [0.05, 0.1) is 22.3 Å². The molecule has 1 heterocycles. The molecule has 1 aliphatic heterocycles. The van der Waals surface area contributed by atoms with Gasteiger partial charge in [0, 0.05) is 24.6 Å². The minimum Gasteiger partial charge on any atom is -0.493 e. The van der Waals surface area contributed by atoms with Gasteiger partial charge in [0.2, 0.25) is 5.96 Å². The fraction of sp³-hybridized carbons (Fsp3) is 0.348. The molecule has 0 saturated carbocycles. The second kappa shape index (κ2) is 10.4. The van der Waals surface area contributed by atoms with Gasteiger partial charge in [0.1, 0.15) is 11.4 Å². The number of guanidine groups is 2. The molecular formula is C23H28Cl2N6O3. The van der Waals surface area contributed by atoms with Crippen molar-refractivity contribution >= 4 is 46.9 Å². The number of rotatable bonds is 5. The molecule has 0 aromatic heterocycles. The van der Waals surface area contributed by atoms with Crippen LogP contribution in [0.3, 0.4) is 0 Å². The number of carbonyl (C=O) groups is 1. The molecule has 2 aromatic rings. The van der Waals surface area contributed by atoms with Crippen LogP contribution in [0.1, 0.15) is 20.8 Å². The number of halogens is 2. The molecule has 1 fully saturated rings. The third-order valence-corrected chi connectivity index (χ3v) is 5.35. The van der Waals surface area contributed by atoms with Gasteiger partial charge in [-0.05, 0) is 50.6 Å². The third kappa shape index (κ3) is 6.91. The first-order valence-corrected chi connectivity index (χ1v) is 11.3. The molecular weight excluding hydrogens is 479 g/mol. The maximum absolute atomic E-state index is 12.0. The van der Waals surface area contributed by atoms with Crippen LogP contribution in [0.4, 0.5) is 10.5 Å². The van der Waals surface area contributed by atoms with E-state index in [-0.39, 0.29) is 23.9 Å². The smallest absolute Gasteiger partial charge is 0.410 e. The Balaban J connectivity index is 1.59. The second-order valence-corrected chi connectivity index (χ2v) is 9.69. The van der Waals surface area contributed by atoms with E-state index in [1.807, 2.05) is 45.0 Å². The summed E-state index contributed by atoms with van der Waals surface area (Å²) >= 11 is 12.9. The zero-order valence-corrected chi connectivity index (χ0v) is 20.7. The molecule has 182 valence electrons. The lowest BCUT2D eigenvalue weighted by Crippen LogP contribution is -2.53. The van der Waals surface area contributed by atoms with Crippen LogP contribution in [0.25, 0.3) is 11.1 Å². The monoisotopic (exact) mass is 506 g/mol. The predicted octanol–water partition coefficient (Wildman–Crippen LogP) is 4.13. The SMILES string of the molecule is CC(C)(C)OC(=O)N1CC(COc2ccc(-c3c(Cl)cc(N=C(N)N=C(N)N)cc3Cl)cc2)C1. The summed E-state index contributed by atoms with van der Waals surface area (Å²) in [6, 6.07) is 10.7. The summed E-state index contributed by atoms with van der Waals surface area (Å²) in [5, 5.41) is 0.795. The van der Waals surface area contributed by atoms with E-state index in [9.17, 15) is 4.79 Å². The molecule has 0 spiro atoms. The molecule has 0 unspecified atom stereocenters. The largest absolute Gasteiger partial charge is 0.493 e. The zero-order valence-electron chi connectivity index (χ0n) is 19.2. The number of hydrogen-bond acceptors (Lipinski definition) is 4. The predicted molar refractivity (Wildman–Crippen MR) is 136 cm³/mol. The van der Waals surface area contributed by atoms with E-state index in [4.69, 9.17) is 49.9 Å². The summed E-state index contributed by atoms with van der Waals surface area (Å²) in [5.74, 6) is 0.658. The van der Waals surface area contributed by atoms with Crippen molar-refractivity contribution in [2.24, 2.45) is 33.1 Å². The standard InChI is InChI=1S/C23H28Cl2N6O3/c1-23(2,3)34-22(32)31-10-13(11-31)12-33-16-6-4-14(5-7-16)19-17(24)8-15(9-18(19)25)29-21(28)30-20(26)27/h4-9,13H,10-12H2,1-3H3,(H6,26,27,28,29,30). The summed E-state index contributed by atoms with van der Waals surface area (Å²) in [7, 11) is 0. The van der Waals surface area contributed by atoms with Crippen molar-refractivity contribution < 1.29 is 14.3 Å². The molecule has 0 radical (unpaired) electrons. The lowest BCUT2D eigenvalue weighted by molar-refractivity contribution is -0.00781. The van der Waals surface area contributed by atoms with Crippen molar-refractivity contribution in [3.8, 4) is 16.9 Å². The zero-order chi connectivity index (χ0) is 25.0. The van der Waals surface area contributed by atoms with Crippen molar-refractivity contribution in [2.45, 2.75) is 26.4 Å². The number of carbonyl (C=O) groups excluding carboxylic acids is 1. The molecule has 11 heteroatoms. The van der Waals surface area contributed by atoms with Crippen molar-refractivity contribution in [2.75, 3.05) is 19.7 Å². The van der Waals surface area contributed by atoms with E-state index in [0.717, 1.165) is 5.56 Å². The Morgan fingerprint density at radius 1 is 1.09 bits per heavy atom. The fourth-order valence-electron chi connectivity index (χ4n) is 3.27. The van der Waals surface area contributed by atoms with Crippen LogP contribution in [0, 0.1) is 5.92 Å². The van der Waals surface area contributed by atoms with E-state index in [1.165, 1.54) is 0 Å². The molecule has 1 saturated heterocycles. The number of nitrogens with zero attached hydrogens (tertiary/aromatic N) is 3. The number of amides is 1. The third-order valence-electron chi connectivity index (χ3n) is 4.75. The number of aliphatic imine (C=N–C) groups is 2. The molecule has 0 bridgehead atoms. The normalized spacial score (nSPS) is 14.4. The summed E-state index contributed by atoms with van der Waals surface area (Å²) in [6.07, 6.45) is -0.294. The average molecular weight is 507 g/mol. The Kier molecular flexibility index (Phi) is 7.78. The Morgan fingerprint density at radius 2 is 1.68 bits per heavy atom. The average Bonchev–Trinajstić information content (AvgIpc) is 2.65. The molecule has 9 nitrogen and oxygen atoms in total. The second-order valence-electron chi connectivity index (χ2n) is 8.88. The minimum absolute atomic E-state index is 0.109. The van der Waals surface area contributed by atoms with Gasteiger partial charge < -0.3 is 31.6 Å². The van der Waals surface area contributed by atoms with Gasteiger partial charge in [-0.2, -0.15) is 4.99 Å². The molecule has 0 aliphatic carbocycles. The van der Waals surface area contributed by atoms with Crippen LogP contribution in [-0.2, 0) is 4.74 Å². The van der Waals surface area contributed by atoms with Gasteiger partial charge in [-0.15, -0.1) is 0 Å². The molecule has 34 heavy (non-hydrogen) atoms. The molecule has 2 aromatic carbocycles. The van der Waals surface area contributed by atoms with E-state index < -0.39 is 5.60 Å². The lowest BCUT2D eigenvalue weighted by Gasteiger charge is -2.39. The maximum atomic E-state index is 12.0. The summed E-state index contributed by atoms with van der Waals surface area (Å²) in [6.45, 7) is 7.28. The van der Waals surface area contributed by atoms with Crippen LogP contribution in [0.15, 0.2) is 46.4 Å². The van der Waals surface area contributed by atoms with Crippen LogP contribution < -0.4 is 21.9 Å². The Bertz CT molecular complexity index is 1080. The van der Waals surface area contributed by atoms with Crippen molar-refractivity contribution in [1.29, 1.82) is 0 Å². The highest BCUT2D eigenvalue weighted by Gasteiger charge is 2.34. The van der Waals surface area contributed by atoms with Crippen LogP contribution in [-0.4, -0.2) is 48.2 Å². The van der Waals surface area contributed by atoms with E-state index in [2.05, 4.69) is 9.98 Å². The minimum atomic E-state index is -0.499. The van der Waals surface area contributed by atoms with Crippen LogP contribution >= 0.6 is 23.2 Å². The van der Waals surface area contributed by atoms with Crippen LogP contribution in [0.2, 0.25) is 10.0 Å². The van der Waals surface area contributed by atoms with E-state index >= 15 is 0 Å². The molecule has 1 aliphatic rings. The molecule has 0 atom stereocenters. The molecule has 6 N–H and O–H groups in total. The first-order chi connectivity index (χ1) is 15.9. The first-order valence-electron chi connectivity index (χ1n) is 10.6. The maximum Gasteiger partial charge on any atom is 0.410 e. The van der Waals surface area contributed by atoms with Gasteiger partial charge in [0.15, 0.2) is 5.96 Å². The van der Waals surface area contributed by atoms with Crippen molar-refractivity contribution in [3.05, 3.63) is 46.4 Å². The van der Waals surface area contributed by atoms with Gasteiger partial charge in [-0.1, -0.05) is 35.3 Å². The highest BCUT2D eigenvalue weighted by Crippen LogP contribution is 2.38. The Labute approximate surface area is 208 Å². The fourth-order valence-corrected chi connectivity index (χ4v) is 3.97. The Morgan fingerprint density at radius 3 is 2.21 bits per heavy atom. The number of hydrogen-bond donors (Lipinski definition) is 3. The Hall–Kier alpha value is -3.17. The lowest BCUT2D eigenvalue weighted by atomic mass is 10.0. The highest BCUT2D eigenvalue weighted by atomic mass is 35.5. The van der Waals surface area contributed by atoms with Gasteiger partial charge >= 0.3 is 6.09 Å². The summed E-state index contributed by atoms with van der Waals surface area (Å²) in [4.78, 5) is 21.4. The number of benzene rings is 2. The number of ether oxygens (including phenoxy) is 2. The summed E-state index contributed by atoms with van der Waals surface area (Å²) < 4.78 is 11.2. The summed E-state index contributed by atoms with van der Waals surface area (Å²) in [5.41, 5.74) is 17.6. The van der Waals surface area contributed by atoms with Gasteiger partial charge in [0.25, 0.3) is 0 Å². The molecule has 1 amide bonds. The highest BCUT2D eigenvalue weighted by molar-refractivity contribution is 6.39. The number of likely N-dealkylation sites (tertiary alicyclic amines) is 1. The quantitative estimate of drug-likeness (QED) is 0.411. The number of nitrogens with two attached hydrogens (primary N) is 3. The molecule has 3 rings (SSSR count). The topological polar surface area (TPSA) is 142 Å². The first kappa shape index (κ1) is 25.5. The van der Waals surface area contributed by atoms with E-state index in [0.29, 0.717) is 46.7 Å². The van der Waals surface area contributed by atoms with Crippen LogP contribution in [0.5, 0.6) is 5.75 Å². The van der Waals surface area contributed by atoms with Gasteiger partial charge in [-0.25, -0.2) is 9.79 Å². The van der Waals surface area contributed by atoms with Crippen molar-refractivity contribution in [3.63, 3.8) is 0 Å². The van der Waals surface area contributed by atoms with E-state index in [1.54, 1.807) is 17.0 Å². The van der Waals surface area contributed by atoms with Gasteiger partial charge in [-0.3, -0.25) is 0 Å². The van der Waals surface area contributed by atoms with Crippen molar-refractivity contribution in [1.82, 2.24) is 4.90 Å².